The Bertz CT molecular complexity index is 1230. The number of β-amino-alcohol motifs (C(OH)–C–C–N with tert-alkyl or cyclic N) is 1. The molecule has 2 aromatic carbocycles. The molecule has 2 atom stereocenters. The molecule has 0 bridgehead atoms. The third-order valence-electron chi connectivity index (χ3n) is 6.13. The molecule has 180 valence electrons. The first kappa shape index (κ1) is 24.1. The number of hydrogen-bond donors (Lipinski definition) is 1. The van der Waals surface area contributed by atoms with Crippen LogP contribution in [0.25, 0.3) is 0 Å². The Morgan fingerprint density at radius 2 is 1.85 bits per heavy atom. The lowest BCUT2D eigenvalue weighted by Gasteiger charge is -2.23. The molecule has 2 aliphatic rings. The molecule has 1 fully saturated rings. The number of sulfonamides is 1. The van der Waals surface area contributed by atoms with Gasteiger partial charge < -0.3 is 9.84 Å². The molecule has 1 amide bonds. The summed E-state index contributed by atoms with van der Waals surface area (Å²) in [4.78, 5) is 25.3. The standard InChI is InChI=1S/C24H27N3O6S/c1-16-8-9-20(12-17(16)2)34(31,32)27-14-19(28)13-22(27)24(30)33-15-23(29)26-11-10-21(25-26)18-6-4-3-5-7-18/h3-9,12,19,22,28H,10-11,13-15H2,1-2H3. The summed E-state index contributed by atoms with van der Waals surface area (Å²) in [6.45, 7) is 3.26. The predicted octanol–water partition coefficient (Wildman–Crippen LogP) is 1.61. The van der Waals surface area contributed by atoms with Gasteiger partial charge in [-0.15, -0.1) is 0 Å². The quantitative estimate of drug-likeness (QED) is 0.622. The number of rotatable bonds is 6. The number of amides is 1. The van der Waals surface area contributed by atoms with Gasteiger partial charge in [-0.2, -0.15) is 9.41 Å². The van der Waals surface area contributed by atoms with Crippen LogP contribution in [-0.4, -0.2) is 72.3 Å². The number of hydrogen-bond acceptors (Lipinski definition) is 7. The second kappa shape index (κ2) is 9.65. The van der Waals surface area contributed by atoms with E-state index in [0.29, 0.717) is 13.0 Å². The number of benzene rings is 2. The van der Waals surface area contributed by atoms with Gasteiger partial charge in [-0.1, -0.05) is 36.4 Å². The van der Waals surface area contributed by atoms with Crippen LogP contribution in [0.5, 0.6) is 0 Å². The lowest BCUT2D eigenvalue weighted by atomic mass is 10.1. The molecule has 4 rings (SSSR count). The minimum atomic E-state index is -4.04. The fourth-order valence-corrected chi connectivity index (χ4v) is 5.76. The Labute approximate surface area is 198 Å². The Balaban J connectivity index is 1.42. The number of hydrazone groups is 1. The van der Waals surface area contributed by atoms with E-state index in [1.165, 1.54) is 17.1 Å². The Kier molecular flexibility index (Phi) is 6.83. The average molecular weight is 486 g/mol. The summed E-state index contributed by atoms with van der Waals surface area (Å²) >= 11 is 0. The number of aliphatic hydroxyl groups excluding tert-OH is 1. The lowest BCUT2D eigenvalue weighted by molar-refractivity contribution is -0.154. The molecule has 34 heavy (non-hydrogen) atoms. The second-order valence-electron chi connectivity index (χ2n) is 8.51. The molecule has 0 saturated carbocycles. The molecule has 2 aliphatic heterocycles. The second-order valence-corrected chi connectivity index (χ2v) is 10.4. The highest BCUT2D eigenvalue weighted by Gasteiger charge is 2.44. The van der Waals surface area contributed by atoms with Crippen LogP contribution in [0.15, 0.2) is 58.5 Å². The van der Waals surface area contributed by atoms with E-state index in [2.05, 4.69) is 5.10 Å². The van der Waals surface area contributed by atoms with Crippen molar-refractivity contribution in [1.82, 2.24) is 9.31 Å². The van der Waals surface area contributed by atoms with E-state index in [0.717, 1.165) is 26.7 Å². The lowest BCUT2D eigenvalue weighted by Crippen LogP contribution is -2.42. The van der Waals surface area contributed by atoms with Crippen molar-refractivity contribution in [3.63, 3.8) is 0 Å². The fraction of sp³-hybridized carbons (Fsp3) is 0.375. The van der Waals surface area contributed by atoms with Gasteiger partial charge in [0.2, 0.25) is 10.0 Å². The van der Waals surface area contributed by atoms with Crippen LogP contribution >= 0.6 is 0 Å². The van der Waals surface area contributed by atoms with Crippen molar-refractivity contribution >= 4 is 27.6 Å². The van der Waals surface area contributed by atoms with Crippen LogP contribution in [0.1, 0.15) is 29.5 Å². The minimum absolute atomic E-state index is 0.0402. The normalized spacial score (nSPS) is 20.9. The van der Waals surface area contributed by atoms with Gasteiger partial charge in [-0.25, -0.2) is 13.4 Å². The average Bonchev–Trinajstić information content (AvgIpc) is 3.47. The van der Waals surface area contributed by atoms with Crippen molar-refractivity contribution in [2.75, 3.05) is 19.7 Å². The number of nitrogens with zero attached hydrogens (tertiary/aromatic N) is 3. The largest absolute Gasteiger partial charge is 0.454 e. The maximum atomic E-state index is 13.2. The maximum absolute atomic E-state index is 13.2. The van der Waals surface area contributed by atoms with E-state index in [4.69, 9.17) is 4.74 Å². The van der Waals surface area contributed by atoms with E-state index in [-0.39, 0.29) is 17.9 Å². The third-order valence-corrected chi connectivity index (χ3v) is 8.00. The van der Waals surface area contributed by atoms with Gasteiger partial charge in [0.15, 0.2) is 6.61 Å². The van der Waals surface area contributed by atoms with Crippen molar-refractivity contribution < 1.29 is 27.9 Å². The molecular formula is C24H27N3O6S. The summed E-state index contributed by atoms with van der Waals surface area (Å²) in [5.74, 6) is -1.37. The zero-order valence-electron chi connectivity index (χ0n) is 19.0. The third kappa shape index (κ3) is 4.89. The highest BCUT2D eigenvalue weighted by Crippen LogP contribution is 2.28. The minimum Gasteiger partial charge on any atom is -0.454 e. The zero-order valence-corrected chi connectivity index (χ0v) is 19.9. The van der Waals surface area contributed by atoms with Crippen molar-refractivity contribution in [3.8, 4) is 0 Å². The van der Waals surface area contributed by atoms with Gasteiger partial charge in [0.05, 0.1) is 23.3 Å². The Hall–Kier alpha value is -3.08. The van der Waals surface area contributed by atoms with E-state index in [1.807, 2.05) is 37.3 Å². The van der Waals surface area contributed by atoms with Crippen molar-refractivity contribution in [2.24, 2.45) is 5.10 Å². The summed E-state index contributed by atoms with van der Waals surface area (Å²) in [7, 11) is -4.04. The molecule has 0 spiro atoms. The molecule has 0 aliphatic carbocycles. The molecule has 0 aromatic heterocycles. The number of carbonyl (C=O) groups is 2. The highest BCUT2D eigenvalue weighted by atomic mass is 32.2. The number of esters is 1. The zero-order chi connectivity index (χ0) is 24.5. The number of aliphatic hydroxyl groups is 1. The van der Waals surface area contributed by atoms with Gasteiger partial charge in [-0.05, 0) is 42.7 Å². The molecule has 2 heterocycles. The molecule has 2 aromatic rings. The van der Waals surface area contributed by atoms with Crippen LogP contribution in [0.3, 0.4) is 0 Å². The Morgan fingerprint density at radius 1 is 1.12 bits per heavy atom. The smallest absolute Gasteiger partial charge is 0.325 e. The molecule has 1 saturated heterocycles. The molecule has 1 N–H and O–H groups in total. The van der Waals surface area contributed by atoms with Gasteiger partial charge in [0.25, 0.3) is 5.91 Å². The predicted molar refractivity (Wildman–Crippen MR) is 124 cm³/mol. The SMILES string of the molecule is Cc1ccc(S(=O)(=O)N2CC(O)CC2C(=O)OCC(=O)N2CCC(c3ccccc3)=N2)cc1C. The van der Waals surface area contributed by atoms with Crippen molar-refractivity contribution in [1.29, 1.82) is 0 Å². The van der Waals surface area contributed by atoms with Gasteiger partial charge >= 0.3 is 5.97 Å². The number of ether oxygens (including phenoxy) is 1. The molecule has 2 unspecified atom stereocenters. The summed E-state index contributed by atoms with van der Waals surface area (Å²) < 4.78 is 32.5. The summed E-state index contributed by atoms with van der Waals surface area (Å²) in [5.41, 5.74) is 3.42. The van der Waals surface area contributed by atoms with Crippen molar-refractivity contribution in [3.05, 3.63) is 65.2 Å². The fourth-order valence-electron chi connectivity index (χ4n) is 4.05. The molecule has 0 radical (unpaired) electrons. The number of carbonyl (C=O) groups excluding carboxylic acids is 2. The van der Waals surface area contributed by atoms with Crippen LogP contribution in [0.4, 0.5) is 0 Å². The van der Waals surface area contributed by atoms with Crippen LogP contribution in [0, 0.1) is 13.8 Å². The molecule has 10 heteroatoms. The van der Waals surface area contributed by atoms with Gasteiger partial charge in [0, 0.05) is 19.4 Å². The van der Waals surface area contributed by atoms with Gasteiger partial charge in [0.1, 0.15) is 6.04 Å². The summed E-state index contributed by atoms with van der Waals surface area (Å²) in [6, 6.07) is 13.0. The summed E-state index contributed by atoms with van der Waals surface area (Å²) in [5, 5.41) is 15.7. The topological polar surface area (TPSA) is 117 Å². The van der Waals surface area contributed by atoms with E-state index in [1.54, 1.807) is 13.0 Å². The van der Waals surface area contributed by atoms with Crippen molar-refractivity contribution in [2.45, 2.75) is 43.7 Å². The van der Waals surface area contributed by atoms with E-state index in [9.17, 15) is 23.1 Å². The Morgan fingerprint density at radius 3 is 2.56 bits per heavy atom. The van der Waals surface area contributed by atoms with Gasteiger partial charge in [-0.3, -0.25) is 9.59 Å². The first-order valence-electron chi connectivity index (χ1n) is 11.0. The number of aryl methyl sites for hydroxylation is 2. The summed E-state index contributed by atoms with van der Waals surface area (Å²) in [6.07, 6.45) is -0.524. The maximum Gasteiger partial charge on any atom is 0.325 e. The van der Waals surface area contributed by atoms with Crippen LogP contribution < -0.4 is 0 Å². The first-order chi connectivity index (χ1) is 16.2. The highest BCUT2D eigenvalue weighted by molar-refractivity contribution is 7.89. The van der Waals surface area contributed by atoms with E-state index >= 15 is 0 Å². The monoisotopic (exact) mass is 485 g/mol. The molecular weight excluding hydrogens is 458 g/mol. The van der Waals surface area contributed by atoms with Crippen LogP contribution in [0.2, 0.25) is 0 Å². The van der Waals surface area contributed by atoms with E-state index < -0.39 is 40.7 Å². The van der Waals surface area contributed by atoms with Crippen LogP contribution in [-0.2, 0) is 24.3 Å². The first-order valence-corrected chi connectivity index (χ1v) is 12.5. The molecule has 9 nitrogen and oxygen atoms in total.